The molecule has 150 valence electrons. The van der Waals surface area contributed by atoms with Crippen LogP contribution in [0.1, 0.15) is 64.8 Å². The zero-order valence-electron chi connectivity index (χ0n) is 16.1. The Morgan fingerprint density at radius 3 is 2.64 bits per heavy atom. The van der Waals surface area contributed by atoms with E-state index in [0.29, 0.717) is 17.9 Å². The molecule has 7 heteroatoms. The zero-order valence-corrected chi connectivity index (χ0v) is 16.1. The quantitative estimate of drug-likeness (QED) is 0.715. The number of nitrogens with one attached hydrogen (secondary N) is 1. The van der Waals surface area contributed by atoms with Crippen LogP contribution in [0.25, 0.3) is 0 Å². The lowest BCUT2D eigenvalue weighted by Gasteiger charge is -2.19. The molecule has 1 fully saturated rings. The maximum Gasteiger partial charge on any atom is 0.339 e. The molecule has 0 bridgehead atoms. The van der Waals surface area contributed by atoms with Crippen LogP contribution < -0.4 is 14.8 Å². The van der Waals surface area contributed by atoms with E-state index in [1.807, 2.05) is 18.2 Å². The number of carbonyl (C=O) groups excluding carboxylic acids is 1. The van der Waals surface area contributed by atoms with Crippen LogP contribution in [0.3, 0.4) is 0 Å². The van der Waals surface area contributed by atoms with E-state index in [1.165, 1.54) is 6.07 Å². The first kappa shape index (κ1) is 19.8. The van der Waals surface area contributed by atoms with Gasteiger partial charge in [-0.05, 0) is 31.7 Å². The van der Waals surface area contributed by atoms with Gasteiger partial charge in [0.1, 0.15) is 11.3 Å². The number of rotatable bonds is 8. The summed E-state index contributed by atoms with van der Waals surface area (Å²) < 4.78 is 17.0. The summed E-state index contributed by atoms with van der Waals surface area (Å²) in [5, 5.41) is 12.0. The van der Waals surface area contributed by atoms with E-state index in [-0.39, 0.29) is 29.7 Å². The van der Waals surface area contributed by atoms with E-state index >= 15 is 0 Å². The van der Waals surface area contributed by atoms with E-state index in [2.05, 4.69) is 5.32 Å². The Balaban J connectivity index is 1.75. The van der Waals surface area contributed by atoms with Gasteiger partial charge >= 0.3 is 5.97 Å². The van der Waals surface area contributed by atoms with Gasteiger partial charge in [0, 0.05) is 24.6 Å². The molecule has 0 saturated heterocycles. The van der Waals surface area contributed by atoms with Gasteiger partial charge in [0.05, 0.1) is 13.2 Å². The minimum atomic E-state index is -1.11. The van der Waals surface area contributed by atoms with Gasteiger partial charge in [0.25, 0.3) is 5.91 Å². The topological polar surface area (TPSA) is 98.0 Å². The van der Waals surface area contributed by atoms with Gasteiger partial charge in [-0.15, -0.1) is 0 Å². The number of methoxy groups -OCH3 is 1. The van der Waals surface area contributed by atoms with Gasteiger partial charge in [-0.2, -0.15) is 0 Å². The number of benzene rings is 1. The van der Waals surface area contributed by atoms with Gasteiger partial charge in [-0.25, -0.2) is 4.79 Å². The van der Waals surface area contributed by atoms with E-state index in [4.69, 9.17) is 13.9 Å². The lowest BCUT2D eigenvalue weighted by Crippen LogP contribution is -2.23. The first-order valence-corrected chi connectivity index (χ1v) is 9.50. The number of aryl methyl sites for hydroxylation is 1. The fourth-order valence-corrected chi connectivity index (χ4v) is 3.41. The highest BCUT2D eigenvalue weighted by molar-refractivity contribution is 5.96. The van der Waals surface area contributed by atoms with Crippen molar-refractivity contribution in [2.75, 3.05) is 7.11 Å². The van der Waals surface area contributed by atoms with Gasteiger partial charge in [0.15, 0.2) is 17.3 Å². The van der Waals surface area contributed by atoms with E-state index in [0.717, 1.165) is 31.2 Å². The summed E-state index contributed by atoms with van der Waals surface area (Å²) in [6.07, 6.45) is 4.86. The molecule has 0 aliphatic heterocycles. The first-order valence-electron chi connectivity index (χ1n) is 9.50. The van der Waals surface area contributed by atoms with Crippen LogP contribution in [0.15, 0.2) is 28.7 Å². The number of carbonyl (C=O) groups is 2. The van der Waals surface area contributed by atoms with Crippen molar-refractivity contribution in [1.82, 2.24) is 5.32 Å². The number of hydrogen-bond acceptors (Lipinski definition) is 5. The minimum absolute atomic E-state index is 0.0132. The molecule has 7 nitrogen and oxygen atoms in total. The molecule has 3 rings (SSSR count). The van der Waals surface area contributed by atoms with Gasteiger partial charge in [-0.1, -0.05) is 19.1 Å². The summed E-state index contributed by atoms with van der Waals surface area (Å²) in [5.74, 6) is -0.0635. The Bertz CT molecular complexity index is 851. The number of carboxylic acids is 1. The van der Waals surface area contributed by atoms with Crippen molar-refractivity contribution in [2.24, 2.45) is 0 Å². The maximum absolute atomic E-state index is 12.5. The second kappa shape index (κ2) is 8.82. The van der Waals surface area contributed by atoms with Crippen molar-refractivity contribution >= 4 is 11.9 Å². The molecule has 1 amide bonds. The molecule has 0 atom stereocenters. The summed E-state index contributed by atoms with van der Waals surface area (Å²) in [7, 11) is 1.59. The van der Waals surface area contributed by atoms with Crippen molar-refractivity contribution < 1.29 is 28.6 Å². The SMILES string of the molecule is CCc1oc(C(=O)NCc2cccc(OC)c2OC2CCCC2)cc1C(=O)O. The van der Waals surface area contributed by atoms with E-state index in [1.54, 1.807) is 14.0 Å². The van der Waals surface area contributed by atoms with Crippen molar-refractivity contribution in [1.29, 1.82) is 0 Å². The summed E-state index contributed by atoms with van der Waals surface area (Å²) in [6, 6.07) is 6.80. The number of furan rings is 1. The highest BCUT2D eigenvalue weighted by Gasteiger charge is 2.22. The number of carboxylic acid groups (broad SMARTS) is 1. The second-order valence-electron chi connectivity index (χ2n) is 6.76. The first-order chi connectivity index (χ1) is 13.5. The fraction of sp³-hybridized carbons (Fsp3) is 0.429. The van der Waals surface area contributed by atoms with E-state index in [9.17, 15) is 14.7 Å². The fourth-order valence-electron chi connectivity index (χ4n) is 3.41. The normalized spacial score (nSPS) is 14.1. The van der Waals surface area contributed by atoms with Crippen LogP contribution in [0.2, 0.25) is 0 Å². The Morgan fingerprint density at radius 1 is 1.29 bits per heavy atom. The molecule has 1 aliphatic carbocycles. The van der Waals surface area contributed by atoms with Crippen molar-refractivity contribution in [3.8, 4) is 11.5 Å². The molecule has 0 spiro atoms. The zero-order chi connectivity index (χ0) is 20.1. The monoisotopic (exact) mass is 387 g/mol. The summed E-state index contributed by atoms with van der Waals surface area (Å²) in [5.41, 5.74) is 0.805. The molecule has 0 radical (unpaired) electrons. The van der Waals surface area contributed by atoms with Crippen LogP contribution in [0.4, 0.5) is 0 Å². The minimum Gasteiger partial charge on any atom is -0.493 e. The van der Waals surface area contributed by atoms with Gasteiger partial charge < -0.3 is 24.3 Å². The van der Waals surface area contributed by atoms with Crippen LogP contribution in [0, 0.1) is 0 Å². The van der Waals surface area contributed by atoms with Crippen molar-refractivity contribution in [3.63, 3.8) is 0 Å². The van der Waals surface area contributed by atoms with Gasteiger partial charge in [-0.3, -0.25) is 4.79 Å². The highest BCUT2D eigenvalue weighted by atomic mass is 16.5. The van der Waals surface area contributed by atoms with Crippen LogP contribution in [-0.2, 0) is 13.0 Å². The summed E-state index contributed by atoms with van der Waals surface area (Å²) in [4.78, 5) is 23.7. The Kier molecular flexibility index (Phi) is 6.23. The number of aromatic carboxylic acids is 1. The molecule has 2 aromatic rings. The second-order valence-corrected chi connectivity index (χ2v) is 6.76. The lowest BCUT2D eigenvalue weighted by molar-refractivity contribution is 0.0694. The Labute approximate surface area is 163 Å². The average molecular weight is 387 g/mol. The molecule has 1 heterocycles. The lowest BCUT2D eigenvalue weighted by atomic mass is 10.1. The standard InChI is InChI=1S/C21H25NO6/c1-3-16-15(21(24)25)11-18(28-16)20(23)22-12-13-7-6-10-17(26-2)19(13)27-14-8-4-5-9-14/h6-7,10-11,14H,3-5,8-9,12H2,1-2H3,(H,22,23)(H,24,25). The largest absolute Gasteiger partial charge is 0.493 e. The summed E-state index contributed by atoms with van der Waals surface area (Å²) in [6.45, 7) is 1.98. The van der Waals surface area contributed by atoms with Gasteiger partial charge in [0.2, 0.25) is 0 Å². The number of amides is 1. The number of para-hydroxylation sites is 1. The third kappa shape index (κ3) is 4.30. The van der Waals surface area contributed by atoms with Crippen molar-refractivity contribution in [3.05, 3.63) is 46.9 Å². The predicted molar refractivity (Wildman–Crippen MR) is 102 cm³/mol. The highest BCUT2D eigenvalue weighted by Crippen LogP contribution is 2.34. The van der Waals surface area contributed by atoms with Crippen LogP contribution in [0.5, 0.6) is 11.5 Å². The molecule has 1 aromatic heterocycles. The van der Waals surface area contributed by atoms with Crippen LogP contribution >= 0.6 is 0 Å². The van der Waals surface area contributed by atoms with E-state index < -0.39 is 11.9 Å². The third-order valence-corrected chi connectivity index (χ3v) is 4.89. The van der Waals surface area contributed by atoms with Crippen molar-refractivity contribution in [2.45, 2.75) is 51.7 Å². The molecule has 1 aliphatic rings. The molecular weight excluding hydrogens is 362 g/mol. The molecular formula is C21H25NO6. The molecule has 1 aromatic carbocycles. The van der Waals surface area contributed by atoms with Crippen LogP contribution in [-0.4, -0.2) is 30.2 Å². The number of ether oxygens (including phenoxy) is 2. The average Bonchev–Trinajstić information content (AvgIpc) is 3.36. The Morgan fingerprint density at radius 2 is 2.04 bits per heavy atom. The molecule has 2 N–H and O–H groups in total. The Hall–Kier alpha value is -2.96. The molecule has 1 saturated carbocycles. The molecule has 28 heavy (non-hydrogen) atoms. The maximum atomic E-state index is 12.5. The molecule has 0 unspecified atom stereocenters. The smallest absolute Gasteiger partial charge is 0.339 e. The summed E-state index contributed by atoms with van der Waals surface area (Å²) >= 11 is 0. The number of hydrogen-bond donors (Lipinski definition) is 2. The third-order valence-electron chi connectivity index (χ3n) is 4.89. The predicted octanol–water partition coefficient (Wildman–Crippen LogP) is 3.80.